The van der Waals surface area contributed by atoms with Gasteiger partial charge in [-0.2, -0.15) is 0 Å². The van der Waals surface area contributed by atoms with Crippen molar-refractivity contribution in [1.82, 2.24) is 4.98 Å². The van der Waals surface area contributed by atoms with Gasteiger partial charge in [-0.25, -0.2) is 4.79 Å². The van der Waals surface area contributed by atoms with E-state index in [1.807, 2.05) is 6.92 Å². The first kappa shape index (κ1) is 13.9. The maximum Gasteiger partial charge on any atom is 0.338 e. The molecular weight excluding hydrogens is 258 g/mol. The fourth-order valence-corrected chi connectivity index (χ4v) is 1.65. The smallest absolute Gasteiger partial charge is 0.338 e. The van der Waals surface area contributed by atoms with Crippen LogP contribution in [0.15, 0.2) is 42.6 Å². The Bertz CT molecular complexity index is 572. The number of benzene rings is 1. The second kappa shape index (κ2) is 6.56. The molecule has 5 nitrogen and oxygen atoms in total. The van der Waals surface area contributed by atoms with Crippen molar-refractivity contribution in [2.24, 2.45) is 0 Å². The summed E-state index contributed by atoms with van der Waals surface area (Å²) in [6.45, 7) is 2.16. The van der Waals surface area contributed by atoms with E-state index in [-0.39, 0.29) is 12.4 Å². The Balaban J connectivity index is 1.90. The van der Waals surface area contributed by atoms with Gasteiger partial charge >= 0.3 is 5.97 Å². The van der Waals surface area contributed by atoms with Gasteiger partial charge in [-0.15, -0.1) is 0 Å². The van der Waals surface area contributed by atoms with Crippen molar-refractivity contribution in [3.63, 3.8) is 0 Å². The summed E-state index contributed by atoms with van der Waals surface area (Å²) >= 11 is 0. The van der Waals surface area contributed by atoms with Crippen LogP contribution in [0.3, 0.4) is 0 Å². The number of ether oxygens (including phenoxy) is 2. The molecule has 1 aromatic carbocycles. The summed E-state index contributed by atoms with van der Waals surface area (Å²) in [6.07, 6.45) is 1.64. The summed E-state index contributed by atoms with van der Waals surface area (Å²) in [5, 5.41) is 0. The Morgan fingerprint density at radius 2 is 1.90 bits per heavy atom. The predicted octanol–water partition coefficient (Wildman–Crippen LogP) is 2.45. The largest absolute Gasteiger partial charge is 0.494 e. The Hall–Kier alpha value is -2.56. The Labute approximate surface area is 116 Å². The summed E-state index contributed by atoms with van der Waals surface area (Å²) in [7, 11) is 0. The number of H-pyrrole nitrogens is 1. The van der Waals surface area contributed by atoms with Crippen molar-refractivity contribution in [2.45, 2.75) is 6.92 Å². The predicted molar refractivity (Wildman–Crippen MR) is 73.0 cm³/mol. The second-order valence-electron chi connectivity index (χ2n) is 4.04. The van der Waals surface area contributed by atoms with Crippen LogP contribution in [0.2, 0.25) is 0 Å². The van der Waals surface area contributed by atoms with E-state index in [2.05, 4.69) is 4.98 Å². The molecule has 2 aromatic rings. The highest BCUT2D eigenvalue weighted by Crippen LogP contribution is 2.13. The summed E-state index contributed by atoms with van der Waals surface area (Å²) in [6, 6.07) is 9.92. The molecule has 104 valence electrons. The number of aromatic amines is 1. The van der Waals surface area contributed by atoms with Crippen LogP contribution in [-0.2, 0) is 4.74 Å². The van der Waals surface area contributed by atoms with E-state index in [1.54, 1.807) is 42.6 Å². The van der Waals surface area contributed by atoms with Crippen LogP contribution in [0.5, 0.6) is 5.75 Å². The molecule has 0 aliphatic carbocycles. The third-order valence-electron chi connectivity index (χ3n) is 2.63. The maximum absolute atomic E-state index is 11.8. The first-order valence-electron chi connectivity index (χ1n) is 6.27. The number of carbonyl (C=O) groups excluding carboxylic acids is 2. The normalized spacial score (nSPS) is 10.1. The average molecular weight is 273 g/mol. The fourth-order valence-electron chi connectivity index (χ4n) is 1.65. The zero-order chi connectivity index (χ0) is 14.4. The molecule has 0 saturated heterocycles. The van der Waals surface area contributed by atoms with E-state index in [9.17, 15) is 9.59 Å². The molecule has 0 radical (unpaired) electrons. The van der Waals surface area contributed by atoms with E-state index in [0.29, 0.717) is 23.6 Å². The van der Waals surface area contributed by atoms with Crippen LogP contribution < -0.4 is 4.74 Å². The number of Topliss-reactive ketones (excluding diaryl/α,β-unsaturated/α-hetero) is 1. The van der Waals surface area contributed by atoms with Gasteiger partial charge < -0.3 is 14.5 Å². The highest BCUT2D eigenvalue weighted by molar-refractivity contribution is 5.98. The van der Waals surface area contributed by atoms with Crippen molar-refractivity contribution < 1.29 is 19.1 Å². The molecule has 0 spiro atoms. The molecule has 1 aromatic heterocycles. The fraction of sp³-hybridized carbons (Fsp3) is 0.200. The molecule has 0 aliphatic heterocycles. The maximum atomic E-state index is 11.8. The van der Waals surface area contributed by atoms with Crippen molar-refractivity contribution in [1.29, 1.82) is 0 Å². The highest BCUT2D eigenvalue weighted by atomic mass is 16.5. The average Bonchev–Trinajstić information content (AvgIpc) is 3.00. The number of hydrogen-bond acceptors (Lipinski definition) is 4. The van der Waals surface area contributed by atoms with Crippen LogP contribution in [0.4, 0.5) is 0 Å². The molecule has 0 bridgehead atoms. The van der Waals surface area contributed by atoms with Gasteiger partial charge in [0.1, 0.15) is 5.75 Å². The third kappa shape index (κ3) is 3.47. The van der Waals surface area contributed by atoms with Crippen LogP contribution in [0.25, 0.3) is 0 Å². The van der Waals surface area contributed by atoms with Crippen molar-refractivity contribution in [3.8, 4) is 5.75 Å². The standard InChI is InChI=1S/C15H15NO4/c1-2-19-12-7-5-11(6-8-12)15(18)20-10-14(17)13-4-3-9-16-13/h3-9,16H,2,10H2,1H3. The zero-order valence-electron chi connectivity index (χ0n) is 11.1. The first-order valence-corrected chi connectivity index (χ1v) is 6.27. The van der Waals surface area contributed by atoms with Gasteiger partial charge in [-0.1, -0.05) is 0 Å². The van der Waals surface area contributed by atoms with Gasteiger partial charge in [0.25, 0.3) is 0 Å². The van der Waals surface area contributed by atoms with Gasteiger partial charge in [-0.05, 0) is 43.3 Å². The lowest BCUT2D eigenvalue weighted by Crippen LogP contribution is -2.14. The number of nitrogens with one attached hydrogen (secondary N) is 1. The molecule has 0 amide bonds. The van der Waals surface area contributed by atoms with Crippen LogP contribution in [0, 0.1) is 0 Å². The van der Waals surface area contributed by atoms with Gasteiger partial charge in [0.15, 0.2) is 6.61 Å². The van der Waals surface area contributed by atoms with E-state index in [4.69, 9.17) is 9.47 Å². The van der Waals surface area contributed by atoms with Crippen LogP contribution in [0.1, 0.15) is 27.8 Å². The lowest BCUT2D eigenvalue weighted by Gasteiger charge is -2.05. The van der Waals surface area contributed by atoms with E-state index in [0.717, 1.165) is 0 Å². The summed E-state index contributed by atoms with van der Waals surface area (Å²) in [4.78, 5) is 26.2. The monoisotopic (exact) mass is 273 g/mol. The number of ketones is 1. The molecule has 1 N–H and O–H groups in total. The van der Waals surface area contributed by atoms with E-state index < -0.39 is 5.97 Å². The minimum absolute atomic E-state index is 0.269. The SMILES string of the molecule is CCOc1ccc(C(=O)OCC(=O)c2ccc[nH]2)cc1. The molecular formula is C15H15NO4. The number of carbonyl (C=O) groups is 2. The highest BCUT2D eigenvalue weighted by Gasteiger charge is 2.12. The zero-order valence-corrected chi connectivity index (χ0v) is 11.1. The number of rotatable bonds is 6. The molecule has 20 heavy (non-hydrogen) atoms. The molecule has 0 saturated carbocycles. The van der Waals surface area contributed by atoms with Gasteiger partial charge in [0, 0.05) is 6.20 Å². The van der Waals surface area contributed by atoms with E-state index >= 15 is 0 Å². The Morgan fingerprint density at radius 1 is 1.15 bits per heavy atom. The number of esters is 1. The number of aromatic nitrogens is 1. The topological polar surface area (TPSA) is 68.4 Å². The van der Waals surface area contributed by atoms with Crippen molar-refractivity contribution in [2.75, 3.05) is 13.2 Å². The third-order valence-corrected chi connectivity index (χ3v) is 2.63. The lowest BCUT2D eigenvalue weighted by atomic mass is 10.2. The molecule has 0 fully saturated rings. The Morgan fingerprint density at radius 3 is 2.50 bits per heavy atom. The van der Waals surface area contributed by atoms with Gasteiger partial charge in [0.05, 0.1) is 17.9 Å². The summed E-state index contributed by atoms with van der Waals surface area (Å²) < 4.78 is 10.2. The molecule has 0 atom stereocenters. The minimum atomic E-state index is -0.534. The van der Waals surface area contributed by atoms with Crippen LogP contribution >= 0.6 is 0 Å². The molecule has 1 heterocycles. The molecule has 0 aliphatic rings. The molecule has 2 rings (SSSR count). The quantitative estimate of drug-likeness (QED) is 0.648. The lowest BCUT2D eigenvalue weighted by molar-refractivity contribution is 0.0473. The minimum Gasteiger partial charge on any atom is -0.494 e. The van der Waals surface area contributed by atoms with E-state index in [1.165, 1.54) is 0 Å². The summed E-state index contributed by atoms with van der Waals surface area (Å²) in [5.74, 6) is -0.117. The van der Waals surface area contributed by atoms with Crippen LogP contribution in [-0.4, -0.2) is 30.0 Å². The second-order valence-corrected chi connectivity index (χ2v) is 4.04. The summed E-state index contributed by atoms with van der Waals surface area (Å²) in [5.41, 5.74) is 0.803. The first-order chi connectivity index (χ1) is 9.70. The van der Waals surface area contributed by atoms with Crippen molar-refractivity contribution >= 4 is 11.8 Å². The van der Waals surface area contributed by atoms with Crippen molar-refractivity contribution in [3.05, 3.63) is 53.9 Å². The van der Waals surface area contributed by atoms with Gasteiger partial charge in [-0.3, -0.25) is 4.79 Å². The van der Waals surface area contributed by atoms with Gasteiger partial charge in [0.2, 0.25) is 5.78 Å². The number of hydrogen-bond donors (Lipinski definition) is 1. The molecule has 5 heteroatoms. The Kier molecular flexibility index (Phi) is 4.55. The molecule has 0 unspecified atom stereocenters.